The fourth-order valence-electron chi connectivity index (χ4n) is 1.03. The van der Waals surface area contributed by atoms with Crippen LogP contribution in [0.1, 0.15) is 12.0 Å². The Morgan fingerprint density at radius 2 is 2.15 bits per heavy atom. The topological polar surface area (TPSA) is 29.5 Å². The first-order valence-electron chi connectivity index (χ1n) is 4.33. The molecule has 0 aliphatic carbocycles. The van der Waals surface area contributed by atoms with Crippen molar-refractivity contribution in [3.8, 4) is 5.75 Å². The summed E-state index contributed by atoms with van der Waals surface area (Å²) in [6.07, 6.45) is 2.42. The molecule has 0 saturated carbocycles. The van der Waals surface area contributed by atoms with Gasteiger partial charge in [-0.2, -0.15) is 0 Å². The molecule has 0 aromatic heterocycles. The second-order valence-electron chi connectivity index (χ2n) is 2.67. The smallest absolute Gasteiger partial charge is 0.126 e. The molecular formula is C11H14O2. The minimum atomic E-state index is 0.163. The molecule has 0 heterocycles. The van der Waals surface area contributed by atoms with Crippen LogP contribution in [-0.4, -0.2) is 18.3 Å². The summed E-state index contributed by atoms with van der Waals surface area (Å²) in [7, 11) is 0. The van der Waals surface area contributed by atoms with Gasteiger partial charge < -0.3 is 9.84 Å². The Morgan fingerprint density at radius 1 is 1.38 bits per heavy atom. The molecule has 2 nitrogen and oxygen atoms in total. The lowest BCUT2D eigenvalue weighted by Gasteiger charge is -2.07. The van der Waals surface area contributed by atoms with Gasteiger partial charge >= 0.3 is 0 Å². The third-order valence-electron chi connectivity index (χ3n) is 1.70. The fourth-order valence-corrected chi connectivity index (χ4v) is 1.03. The molecular weight excluding hydrogens is 164 g/mol. The minimum Gasteiger partial charge on any atom is -0.493 e. The average Bonchev–Trinajstić information content (AvgIpc) is 2.19. The number of ether oxygens (including phenoxy) is 1. The zero-order valence-corrected chi connectivity index (χ0v) is 7.57. The Labute approximate surface area is 78.5 Å². The van der Waals surface area contributed by atoms with E-state index < -0.39 is 0 Å². The molecule has 0 atom stereocenters. The van der Waals surface area contributed by atoms with E-state index in [0.717, 1.165) is 11.3 Å². The number of benzene rings is 1. The van der Waals surface area contributed by atoms with Gasteiger partial charge in [0.25, 0.3) is 0 Å². The van der Waals surface area contributed by atoms with Crippen LogP contribution in [0.5, 0.6) is 5.75 Å². The van der Waals surface area contributed by atoms with E-state index in [1.807, 2.05) is 24.3 Å². The SMILES string of the molecule is C=Cc1ccccc1OCCCO. The monoisotopic (exact) mass is 178 g/mol. The summed E-state index contributed by atoms with van der Waals surface area (Å²) in [5, 5.41) is 8.57. The van der Waals surface area contributed by atoms with Gasteiger partial charge in [0.2, 0.25) is 0 Å². The summed E-state index contributed by atoms with van der Waals surface area (Å²) in [4.78, 5) is 0. The summed E-state index contributed by atoms with van der Waals surface area (Å²) in [6, 6.07) is 7.70. The molecule has 1 aromatic carbocycles. The molecule has 0 fully saturated rings. The van der Waals surface area contributed by atoms with Gasteiger partial charge in [-0.1, -0.05) is 30.9 Å². The van der Waals surface area contributed by atoms with Crippen LogP contribution < -0.4 is 4.74 Å². The number of rotatable bonds is 5. The number of aliphatic hydroxyl groups is 1. The van der Waals surface area contributed by atoms with Crippen molar-refractivity contribution in [1.82, 2.24) is 0 Å². The van der Waals surface area contributed by atoms with E-state index in [0.29, 0.717) is 13.0 Å². The van der Waals surface area contributed by atoms with Gasteiger partial charge in [-0.25, -0.2) is 0 Å². The first-order chi connectivity index (χ1) is 6.38. The molecule has 1 rings (SSSR count). The molecule has 0 aliphatic heterocycles. The van der Waals surface area contributed by atoms with Crippen LogP contribution in [0.4, 0.5) is 0 Å². The molecule has 70 valence electrons. The molecule has 1 N–H and O–H groups in total. The molecule has 0 radical (unpaired) electrons. The van der Waals surface area contributed by atoms with Crippen molar-refractivity contribution < 1.29 is 9.84 Å². The minimum absolute atomic E-state index is 0.163. The highest BCUT2D eigenvalue weighted by molar-refractivity contribution is 5.55. The Morgan fingerprint density at radius 3 is 2.85 bits per heavy atom. The van der Waals surface area contributed by atoms with Gasteiger partial charge in [0.1, 0.15) is 5.75 Å². The molecule has 0 spiro atoms. The molecule has 0 unspecified atom stereocenters. The van der Waals surface area contributed by atoms with Crippen LogP contribution in [0.2, 0.25) is 0 Å². The van der Waals surface area contributed by atoms with E-state index in [-0.39, 0.29) is 6.61 Å². The number of aliphatic hydroxyl groups excluding tert-OH is 1. The van der Waals surface area contributed by atoms with Crippen LogP contribution in [0.25, 0.3) is 6.08 Å². The Hall–Kier alpha value is -1.28. The quantitative estimate of drug-likeness (QED) is 0.699. The lowest BCUT2D eigenvalue weighted by molar-refractivity contribution is 0.233. The van der Waals surface area contributed by atoms with Gasteiger partial charge in [-0.05, 0) is 6.07 Å². The Kier molecular flexibility index (Phi) is 4.06. The molecule has 0 amide bonds. The molecule has 1 aromatic rings. The predicted molar refractivity (Wildman–Crippen MR) is 53.7 cm³/mol. The summed E-state index contributed by atoms with van der Waals surface area (Å²) in [6.45, 7) is 4.40. The summed E-state index contributed by atoms with van der Waals surface area (Å²) in [5.41, 5.74) is 0.987. The third kappa shape index (κ3) is 2.92. The maximum Gasteiger partial charge on any atom is 0.126 e. The average molecular weight is 178 g/mol. The van der Waals surface area contributed by atoms with Crippen molar-refractivity contribution in [3.05, 3.63) is 36.4 Å². The van der Waals surface area contributed by atoms with Crippen LogP contribution in [0.3, 0.4) is 0 Å². The lowest BCUT2D eigenvalue weighted by atomic mass is 10.2. The van der Waals surface area contributed by atoms with E-state index in [9.17, 15) is 0 Å². The highest BCUT2D eigenvalue weighted by Gasteiger charge is 1.97. The zero-order valence-electron chi connectivity index (χ0n) is 7.57. The van der Waals surface area contributed by atoms with Crippen molar-refractivity contribution in [2.24, 2.45) is 0 Å². The van der Waals surface area contributed by atoms with Gasteiger partial charge in [0.15, 0.2) is 0 Å². The number of para-hydroxylation sites is 1. The van der Waals surface area contributed by atoms with Crippen molar-refractivity contribution in [1.29, 1.82) is 0 Å². The van der Waals surface area contributed by atoms with Crippen LogP contribution in [-0.2, 0) is 0 Å². The van der Waals surface area contributed by atoms with E-state index in [2.05, 4.69) is 6.58 Å². The van der Waals surface area contributed by atoms with Crippen molar-refractivity contribution in [3.63, 3.8) is 0 Å². The second-order valence-corrected chi connectivity index (χ2v) is 2.67. The number of hydrogen-bond acceptors (Lipinski definition) is 2. The highest BCUT2D eigenvalue weighted by atomic mass is 16.5. The van der Waals surface area contributed by atoms with E-state index in [1.165, 1.54) is 0 Å². The molecule has 0 aliphatic rings. The van der Waals surface area contributed by atoms with E-state index in [4.69, 9.17) is 9.84 Å². The molecule has 2 heteroatoms. The van der Waals surface area contributed by atoms with Crippen LogP contribution in [0, 0.1) is 0 Å². The third-order valence-corrected chi connectivity index (χ3v) is 1.70. The molecule has 13 heavy (non-hydrogen) atoms. The van der Waals surface area contributed by atoms with Gasteiger partial charge in [0, 0.05) is 18.6 Å². The largest absolute Gasteiger partial charge is 0.493 e. The zero-order chi connectivity index (χ0) is 9.52. The van der Waals surface area contributed by atoms with Gasteiger partial charge in [-0.15, -0.1) is 0 Å². The lowest BCUT2D eigenvalue weighted by Crippen LogP contribution is -2.00. The Bertz CT molecular complexity index is 269. The highest BCUT2D eigenvalue weighted by Crippen LogP contribution is 2.18. The van der Waals surface area contributed by atoms with E-state index >= 15 is 0 Å². The maximum atomic E-state index is 8.57. The molecule has 0 bridgehead atoms. The fraction of sp³-hybridized carbons (Fsp3) is 0.273. The molecule has 0 saturated heterocycles. The van der Waals surface area contributed by atoms with Crippen molar-refractivity contribution in [2.75, 3.05) is 13.2 Å². The van der Waals surface area contributed by atoms with Crippen molar-refractivity contribution >= 4 is 6.08 Å². The summed E-state index contributed by atoms with van der Waals surface area (Å²) in [5.74, 6) is 0.825. The summed E-state index contributed by atoms with van der Waals surface area (Å²) >= 11 is 0. The first-order valence-corrected chi connectivity index (χ1v) is 4.33. The van der Waals surface area contributed by atoms with Gasteiger partial charge in [-0.3, -0.25) is 0 Å². The second kappa shape index (κ2) is 5.38. The first kappa shape index (κ1) is 9.81. The van der Waals surface area contributed by atoms with E-state index in [1.54, 1.807) is 6.08 Å². The summed E-state index contributed by atoms with van der Waals surface area (Å²) < 4.78 is 5.44. The van der Waals surface area contributed by atoms with Crippen LogP contribution in [0.15, 0.2) is 30.8 Å². The number of hydrogen-bond donors (Lipinski definition) is 1. The predicted octanol–water partition coefficient (Wildman–Crippen LogP) is 2.09. The Balaban J connectivity index is 2.59. The standard InChI is InChI=1S/C11H14O2/c1-2-10-6-3-4-7-11(10)13-9-5-8-12/h2-4,6-7,12H,1,5,8-9H2. The van der Waals surface area contributed by atoms with Crippen LogP contribution >= 0.6 is 0 Å². The maximum absolute atomic E-state index is 8.57. The van der Waals surface area contributed by atoms with Crippen molar-refractivity contribution in [2.45, 2.75) is 6.42 Å². The normalized spacial score (nSPS) is 9.62. The van der Waals surface area contributed by atoms with Gasteiger partial charge in [0.05, 0.1) is 6.61 Å².